The summed E-state index contributed by atoms with van der Waals surface area (Å²) in [4.78, 5) is 25.3. The van der Waals surface area contributed by atoms with E-state index in [4.69, 9.17) is 19.9 Å². The van der Waals surface area contributed by atoms with Crippen molar-refractivity contribution in [1.29, 1.82) is 0 Å². The van der Waals surface area contributed by atoms with Crippen LogP contribution in [0.1, 0.15) is 22.3 Å². The molecule has 0 spiro atoms. The summed E-state index contributed by atoms with van der Waals surface area (Å²) < 4.78 is 4.77. The molecule has 0 radical (unpaired) electrons. The molecule has 0 saturated carbocycles. The Morgan fingerprint density at radius 2 is 0.628 bits per heavy atom. The smallest absolute Gasteiger partial charge is 0.0973 e. The molecule has 0 N–H and O–H groups in total. The Morgan fingerprint density at radius 1 is 0.302 bits per heavy atom. The van der Waals surface area contributed by atoms with Gasteiger partial charge in [0.05, 0.1) is 66.9 Å². The van der Waals surface area contributed by atoms with Gasteiger partial charge in [-0.1, -0.05) is 119 Å². The highest BCUT2D eigenvalue weighted by molar-refractivity contribution is 6.11. The van der Waals surface area contributed by atoms with Crippen molar-refractivity contribution in [2.45, 2.75) is 27.7 Å². The fourth-order valence-corrected chi connectivity index (χ4v) is 12.9. The number of nitrogens with zero attached hydrogens (tertiary/aromatic N) is 8. The maximum atomic E-state index is 5.39. The van der Waals surface area contributed by atoms with Gasteiger partial charge in [0.2, 0.25) is 0 Å². The number of fused-ring (bicyclic) bond motifs is 9. The van der Waals surface area contributed by atoms with Gasteiger partial charge in [0, 0.05) is 90.0 Å². The molecule has 0 aliphatic heterocycles. The Hall–Kier alpha value is -11.2. The average molecular weight is 1110 g/mol. The summed E-state index contributed by atoms with van der Waals surface area (Å²) in [5.74, 6) is 0. The van der Waals surface area contributed by atoms with E-state index < -0.39 is 0 Å². The summed E-state index contributed by atoms with van der Waals surface area (Å²) in [7, 11) is 0. The first-order chi connectivity index (χ1) is 42.3. The quantitative estimate of drug-likeness (QED) is 0.136. The van der Waals surface area contributed by atoms with Crippen LogP contribution in [0.5, 0.6) is 0 Å². The largest absolute Gasteiger partial charge is 0.309 e. The van der Waals surface area contributed by atoms with E-state index in [2.05, 4.69) is 265 Å². The summed E-state index contributed by atoms with van der Waals surface area (Å²) in [6, 6.07) is 91.5. The number of anilines is 6. The van der Waals surface area contributed by atoms with Gasteiger partial charge in [-0.05, 0) is 185 Å². The van der Waals surface area contributed by atoms with Gasteiger partial charge >= 0.3 is 0 Å². The molecule has 16 aromatic rings. The molecule has 86 heavy (non-hydrogen) atoms. The van der Waals surface area contributed by atoms with Gasteiger partial charge in [0.15, 0.2) is 0 Å². The van der Waals surface area contributed by atoms with Crippen LogP contribution in [0.15, 0.2) is 267 Å². The second-order valence-electron chi connectivity index (χ2n) is 22.7. The van der Waals surface area contributed by atoms with Crippen molar-refractivity contribution >= 4 is 111 Å². The summed E-state index contributed by atoms with van der Waals surface area (Å²) in [6.45, 7) is 8.66. The maximum absolute atomic E-state index is 5.39. The third-order valence-electron chi connectivity index (χ3n) is 17.0. The summed E-state index contributed by atoms with van der Waals surface area (Å²) in [5, 5.41) is 7.16. The fourth-order valence-electron chi connectivity index (χ4n) is 12.9. The highest BCUT2D eigenvalue weighted by Crippen LogP contribution is 2.44. The third kappa shape index (κ3) is 8.52. The minimum absolute atomic E-state index is 0.795. The van der Waals surface area contributed by atoms with Gasteiger partial charge < -0.3 is 18.9 Å². The van der Waals surface area contributed by atoms with Gasteiger partial charge in [-0.15, -0.1) is 0 Å². The van der Waals surface area contributed by atoms with E-state index in [0.717, 1.165) is 101 Å². The molecule has 11 aromatic carbocycles. The monoisotopic (exact) mass is 1100 g/mol. The van der Waals surface area contributed by atoms with Crippen molar-refractivity contribution < 1.29 is 0 Å². The number of aromatic nitrogens is 6. The van der Waals surface area contributed by atoms with Crippen LogP contribution >= 0.6 is 0 Å². The van der Waals surface area contributed by atoms with Gasteiger partial charge in [-0.2, -0.15) is 0 Å². The second-order valence-corrected chi connectivity index (χ2v) is 22.7. The predicted octanol–water partition coefficient (Wildman–Crippen LogP) is 20.4. The minimum Gasteiger partial charge on any atom is -0.309 e. The summed E-state index contributed by atoms with van der Waals surface area (Å²) in [6.07, 6.45) is 3.75. The zero-order chi connectivity index (χ0) is 57.6. The Bertz CT molecular complexity index is 4870. The number of hydrogen-bond acceptors (Lipinski definition) is 6. The molecule has 0 aliphatic carbocycles. The summed E-state index contributed by atoms with van der Waals surface area (Å²) in [5.41, 5.74) is 24.8. The lowest BCUT2D eigenvalue weighted by Gasteiger charge is -2.27. The minimum atomic E-state index is 0.795. The third-order valence-corrected chi connectivity index (χ3v) is 17.0. The van der Waals surface area contributed by atoms with E-state index in [1.807, 2.05) is 48.8 Å². The Labute approximate surface area is 497 Å². The van der Waals surface area contributed by atoms with Gasteiger partial charge in [-0.25, -0.2) is 9.97 Å². The van der Waals surface area contributed by atoms with Crippen molar-refractivity contribution in [3.05, 3.63) is 289 Å². The number of hydrogen-bond donors (Lipinski definition) is 0. The fraction of sp³-hybridized carbons (Fsp3) is 0.0513. The summed E-state index contributed by atoms with van der Waals surface area (Å²) >= 11 is 0. The molecule has 8 heteroatoms. The van der Waals surface area contributed by atoms with E-state index in [0.29, 0.717) is 0 Å². The molecule has 5 heterocycles. The molecular formula is C78H56N8. The molecule has 0 fully saturated rings. The number of para-hydroxylation sites is 4. The van der Waals surface area contributed by atoms with Crippen LogP contribution in [0.3, 0.4) is 0 Å². The zero-order valence-corrected chi connectivity index (χ0v) is 48.0. The van der Waals surface area contributed by atoms with Crippen molar-refractivity contribution in [2.24, 2.45) is 0 Å². The first-order valence-electron chi connectivity index (χ1n) is 29.3. The van der Waals surface area contributed by atoms with Crippen molar-refractivity contribution in [3.8, 4) is 33.9 Å². The van der Waals surface area contributed by atoms with Crippen LogP contribution in [0.4, 0.5) is 34.1 Å². The first kappa shape index (κ1) is 50.5. The Balaban J connectivity index is 0.784. The Kier molecular flexibility index (Phi) is 11.9. The van der Waals surface area contributed by atoms with Crippen LogP contribution in [0.25, 0.3) is 110 Å². The number of pyridine rings is 2. The van der Waals surface area contributed by atoms with Crippen molar-refractivity contribution in [1.82, 2.24) is 29.1 Å². The van der Waals surface area contributed by atoms with Crippen LogP contribution in [0, 0.1) is 27.7 Å². The van der Waals surface area contributed by atoms with Gasteiger partial charge in [-0.3, -0.25) is 9.97 Å². The number of rotatable bonds is 10. The molecule has 16 rings (SSSR count). The molecule has 8 nitrogen and oxygen atoms in total. The van der Waals surface area contributed by atoms with Crippen molar-refractivity contribution in [3.63, 3.8) is 0 Å². The van der Waals surface area contributed by atoms with Crippen LogP contribution in [0.2, 0.25) is 0 Å². The number of benzene rings is 11. The van der Waals surface area contributed by atoms with E-state index in [1.165, 1.54) is 65.9 Å². The average Bonchev–Trinajstić information content (AvgIpc) is 1.72. The lowest BCUT2D eigenvalue weighted by molar-refractivity contribution is 1.17. The van der Waals surface area contributed by atoms with Crippen LogP contribution in [-0.4, -0.2) is 29.1 Å². The molecular weight excluding hydrogens is 1050 g/mol. The standard InChI is InChI=1S/C78H56N8/c1-49-19-39-69-63(45-49)64-46-50(2)20-40-70(64)85(69)61-35-31-59(32-36-61)83(73-17-7-11-53-13-9-43-79-75(53)73)57-27-23-55(24-28-57)77-78(82-68-16-6-5-15-67(68)81-77)56-25-29-58(30-26-56)84(74-18-8-12-54-14-10-44-80-76(54)74)60-33-37-62(38-34-60)86-71-41-21-51(3)47-65(71)66-48-52(4)22-42-72(66)86/h5-48H,1-4H3. The van der Waals surface area contributed by atoms with Crippen molar-refractivity contribution in [2.75, 3.05) is 9.80 Å². The second kappa shape index (κ2) is 20.3. The molecule has 0 atom stereocenters. The lowest BCUT2D eigenvalue weighted by atomic mass is 10.0. The lowest BCUT2D eigenvalue weighted by Crippen LogP contribution is -2.11. The number of aryl methyl sites for hydroxylation is 4. The highest BCUT2D eigenvalue weighted by atomic mass is 15.2. The maximum Gasteiger partial charge on any atom is 0.0973 e. The molecule has 0 bridgehead atoms. The van der Waals surface area contributed by atoms with Gasteiger partial charge in [0.25, 0.3) is 0 Å². The van der Waals surface area contributed by atoms with E-state index in [-0.39, 0.29) is 0 Å². The first-order valence-corrected chi connectivity index (χ1v) is 29.3. The highest BCUT2D eigenvalue weighted by Gasteiger charge is 2.23. The SMILES string of the molecule is Cc1ccc2c(c1)c1cc(C)ccc1n2-c1ccc(N(c2ccc(-c3nc4ccccc4nc3-c3ccc(N(c4ccc(-n5c6ccc(C)cc6c6cc(C)ccc65)cc4)c4cccc5cccnc45)cc3)cc2)c2cccc3cccnc23)cc1. The Morgan fingerprint density at radius 3 is 0.977 bits per heavy atom. The molecule has 0 aliphatic rings. The topological polar surface area (TPSA) is 67.9 Å². The molecule has 0 saturated heterocycles. The van der Waals surface area contributed by atoms with E-state index >= 15 is 0 Å². The predicted molar refractivity (Wildman–Crippen MR) is 358 cm³/mol. The van der Waals surface area contributed by atoms with Crippen LogP contribution < -0.4 is 9.80 Å². The molecule has 408 valence electrons. The molecule has 5 aromatic heterocycles. The zero-order valence-electron chi connectivity index (χ0n) is 48.0. The van der Waals surface area contributed by atoms with E-state index in [1.54, 1.807) is 0 Å². The normalized spacial score (nSPS) is 11.7. The van der Waals surface area contributed by atoms with Gasteiger partial charge in [0.1, 0.15) is 0 Å². The molecule has 0 amide bonds. The van der Waals surface area contributed by atoms with E-state index in [9.17, 15) is 0 Å². The van der Waals surface area contributed by atoms with Crippen LogP contribution in [-0.2, 0) is 0 Å². The molecule has 0 unspecified atom stereocenters.